The van der Waals surface area contributed by atoms with Crippen LogP contribution in [0, 0.1) is 0 Å². The van der Waals surface area contributed by atoms with E-state index in [9.17, 15) is 0 Å². The fourth-order valence-electron chi connectivity index (χ4n) is 1.27. The third-order valence-electron chi connectivity index (χ3n) is 2.00. The monoisotopic (exact) mass is 285 g/mol. The lowest BCUT2D eigenvalue weighted by molar-refractivity contribution is 0.823. The largest absolute Gasteiger partial charge is 0.360 e. The maximum Gasteiger partial charge on any atom is 0.183 e. The second-order valence-corrected chi connectivity index (χ2v) is 5.11. The fourth-order valence-corrected chi connectivity index (χ4v) is 2.71. The summed E-state index contributed by atoms with van der Waals surface area (Å²) in [5, 5.41) is 7.36. The summed E-state index contributed by atoms with van der Waals surface area (Å²) >= 11 is 5.14. The van der Waals surface area contributed by atoms with Gasteiger partial charge >= 0.3 is 0 Å². The van der Waals surface area contributed by atoms with Crippen molar-refractivity contribution in [2.24, 2.45) is 0 Å². The number of halogens is 1. The number of rotatable bonds is 4. The number of likely N-dealkylation sites (N-methyl/N-ethyl adjacent to an activating group) is 1. The molecule has 2 aromatic rings. The topological polar surface area (TPSA) is 37.0 Å². The minimum atomic E-state index is 0.900. The average Bonchev–Trinajstić information content (AvgIpc) is 2.60. The number of fused-ring (bicyclic) bond motifs is 1. The maximum atomic E-state index is 4.48. The first-order chi connectivity index (χ1) is 7.29. The van der Waals surface area contributed by atoms with Crippen LogP contribution < -0.4 is 10.6 Å². The van der Waals surface area contributed by atoms with Gasteiger partial charge < -0.3 is 10.6 Å². The summed E-state index contributed by atoms with van der Waals surface area (Å²) in [6.45, 7) is 1.84. The van der Waals surface area contributed by atoms with E-state index in [2.05, 4.69) is 37.6 Å². The molecule has 0 fully saturated rings. The first kappa shape index (κ1) is 10.9. The van der Waals surface area contributed by atoms with Crippen molar-refractivity contribution in [3.8, 4) is 0 Å². The van der Waals surface area contributed by atoms with Gasteiger partial charge in [-0.15, -0.1) is 0 Å². The molecule has 0 spiro atoms. The van der Waals surface area contributed by atoms with Crippen molar-refractivity contribution in [1.82, 2.24) is 10.3 Å². The highest BCUT2D eigenvalue weighted by Gasteiger charge is 2.02. The van der Waals surface area contributed by atoms with Crippen LogP contribution in [0.2, 0.25) is 0 Å². The van der Waals surface area contributed by atoms with E-state index in [0.29, 0.717) is 0 Å². The van der Waals surface area contributed by atoms with Crippen molar-refractivity contribution in [2.45, 2.75) is 0 Å². The molecule has 0 aliphatic rings. The summed E-state index contributed by atoms with van der Waals surface area (Å²) in [7, 11) is 1.94. The predicted octanol–water partition coefficient (Wildman–Crippen LogP) is 2.69. The number of benzene rings is 1. The van der Waals surface area contributed by atoms with E-state index >= 15 is 0 Å². The highest BCUT2D eigenvalue weighted by molar-refractivity contribution is 9.10. The second-order valence-electron chi connectivity index (χ2n) is 3.16. The molecule has 0 saturated carbocycles. The SMILES string of the molecule is CNCCNc1nc2ccc(Br)cc2s1. The van der Waals surface area contributed by atoms with E-state index in [-0.39, 0.29) is 0 Å². The van der Waals surface area contributed by atoms with Gasteiger partial charge in [0.1, 0.15) is 0 Å². The molecule has 1 aromatic carbocycles. The second kappa shape index (κ2) is 4.92. The summed E-state index contributed by atoms with van der Waals surface area (Å²) in [4.78, 5) is 4.48. The molecule has 0 amide bonds. The minimum absolute atomic E-state index is 0.900. The molecule has 0 aliphatic heterocycles. The predicted molar refractivity (Wildman–Crippen MR) is 69.7 cm³/mol. The Bertz CT molecular complexity index is 455. The van der Waals surface area contributed by atoms with Gasteiger partial charge in [0.2, 0.25) is 0 Å². The van der Waals surface area contributed by atoms with E-state index in [0.717, 1.165) is 28.2 Å². The van der Waals surface area contributed by atoms with Crippen LogP contribution in [0.25, 0.3) is 10.2 Å². The normalized spacial score (nSPS) is 10.8. The molecule has 80 valence electrons. The number of nitrogens with zero attached hydrogens (tertiary/aromatic N) is 1. The van der Waals surface area contributed by atoms with E-state index in [1.807, 2.05) is 19.2 Å². The van der Waals surface area contributed by atoms with Crippen molar-refractivity contribution < 1.29 is 0 Å². The summed E-state index contributed by atoms with van der Waals surface area (Å²) in [5.41, 5.74) is 1.05. The summed E-state index contributed by atoms with van der Waals surface area (Å²) in [6, 6.07) is 6.13. The molecular weight excluding hydrogens is 274 g/mol. The lowest BCUT2D eigenvalue weighted by Gasteiger charge is -1.99. The van der Waals surface area contributed by atoms with Crippen molar-refractivity contribution in [2.75, 3.05) is 25.5 Å². The Morgan fingerprint density at radius 1 is 1.40 bits per heavy atom. The van der Waals surface area contributed by atoms with Gasteiger partial charge in [-0.05, 0) is 25.2 Å². The highest BCUT2D eigenvalue weighted by atomic mass is 79.9. The zero-order valence-corrected chi connectivity index (χ0v) is 10.8. The molecule has 0 atom stereocenters. The summed E-state index contributed by atoms with van der Waals surface area (Å²) < 4.78 is 2.30. The lowest BCUT2D eigenvalue weighted by atomic mass is 10.3. The van der Waals surface area contributed by atoms with Crippen LogP contribution in [0.1, 0.15) is 0 Å². The Morgan fingerprint density at radius 3 is 3.07 bits per heavy atom. The number of anilines is 1. The van der Waals surface area contributed by atoms with E-state index in [1.54, 1.807) is 11.3 Å². The van der Waals surface area contributed by atoms with Gasteiger partial charge in [-0.1, -0.05) is 27.3 Å². The molecule has 0 unspecified atom stereocenters. The smallest absolute Gasteiger partial charge is 0.183 e. The molecule has 1 heterocycles. The molecule has 2 rings (SSSR count). The standard InChI is InChI=1S/C10H12BrN3S/c1-12-4-5-13-10-14-8-3-2-7(11)6-9(8)15-10/h2-3,6,12H,4-5H2,1H3,(H,13,14). The molecule has 0 saturated heterocycles. The Morgan fingerprint density at radius 2 is 2.27 bits per heavy atom. The maximum absolute atomic E-state index is 4.48. The summed E-state index contributed by atoms with van der Waals surface area (Å²) in [6.07, 6.45) is 0. The number of nitrogens with one attached hydrogen (secondary N) is 2. The van der Waals surface area contributed by atoms with Crippen molar-refractivity contribution >= 4 is 42.6 Å². The van der Waals surface area contributed by atoms with Gasteiger partial charge in [0.05, 0.1) is 10.2 Å². The molecule has 0 radical (unpaired) electrons. The zero-order valence-electron chi connectivity index (χ0n) is 8.38. The third kappa shape index (κ3) is 2.68. The van der Waals surface area contributed by atoms with Crippen molar-refractivity contribution in [3.63, 3.8) is 0 Å². The molecular formula is C10H12BrN3S. The molecule has 2 N–H and O–H groups in total. The van der Waals surface area contributed by atoms with Crippen LogP contribution in [0.5, 0.6) is 0 Å². The van der Waals surface area contributed by atoms with Gasteiger partial charge in [0.15, 0.2) is 5.13 Å². The minimum Gasteiger partial charge on any atom is -0.360 e. The highest BCUT2D eigenvalue weighted by Crippen LogP contribution is 2.28. The van der Waals surface area contributed by atoms with Crippen molar-refractivity contribution in [1.29, 1.82) is 0 Å². The number of aromatic nitrogens is 1. The average molecular weight is 286 g/mol. The van der Waals surface area contributed by atoms with Gasteiger partial charge in [0, 0.05) is 17.6 Å². The molecule has 15 heavy (non-hydrogen) atoms. The van der Waals surface area contributed by atoms with E-state index in [4.69, 9.17) is 0 Å². The van der Waals surface area contributed by atoms with Gasteiger partial charge in [-0.3, -0.25) is 0 Å². The quantitative estimate of drug-likeness (QED) is 0.849. The molecule has 0 aliphatic carbocycles. The Hall–Kier alpha value is -0.650. The molecule has 1 aromatic heterocycles. The van der Waals surface area contributed by atoms with Crippen LogP contribution in [-0.2, 0) is 0 Å². The zero-order chi connectivity index (χ0) is 10.7. The van der Waals surface area contributed by atoms with Crippen LogP contribution in [0.3, 0.4) is 0 Å². The Labute approximate surface area is 101 Å². The lowest BCUT2D eigenvalue weighted by Crippen LogP contribution is -2.17. The fraction of sp³-hybridized carbons (Fsp3) is 0.300. The Kier molecular flexibility index (Phi) is 3.56. The molecule has 0 bridgehead atoms. The van der Waals surface area contributed by atoms with Crippen LogP contribution in [-0.4, -0.2) is 25.1 Å². The van der Waals surface area contributed by atoms with Gasteiger partial charge in [-0.25, -0.2) is 4.98 Å². The van der Waals surface area contributed by atoms with Crippen molar-refractivity contribution in [3.05, 3.63) is 22.7 Å². The van der Waals surface area contributed by atoms with E-state index in [1.165, 1.54) is 4.70 Å². The van der Waals surface area contributed by atoms with E-state index < -0.39 is 0 Å². The first-order valence-corrected chi connectivity index (χ1v) is 6.35. The number of hydrogen-bond acceptors (Lipinski definition) is 4. The number of thiazole rings is 1. The summed E-state index contributed by atoms with van der Waals surface area (Å²) in [5.74, 6) is 0. The van der Waals surface area contributed by atoms with Gasteiger partial charge in [0.25, 0.3) is 0 Å². The third-order valence-corrected chi connectivity index (χ3v) is 3.47. The van der Waals surface area contributed by atoms with Gasteiger partial charge in [-0.2, -0.15) is 0 Å². The molecule has 3 nitrogen and oxygen atoms in total. The molecule has 5 heteroatoms. The van der Waals surface area contributed by atoms with Crippen LogP contribution in [0.4, 0.5) is 5.13 Å². The number of hydrogen-bond donors (Lipinski definition) is 2. The Balaban J connectivity index is 2.16. The van der Waals surface area contributed by atoms with Crippen LogP contribution in [0.15, 0.2) is 22.7 Å². The first-order valence-electron chi connectivity index (χ1n) is 4.74. The van der Waals surface area contributed by atoms with Crippen LogP contribution >= 0.6 is 27.3 Å².